The number of aromatic hydroxyl groups is 1. The molecule has 0 fully saturated rings. The van der Waals surface area contributed by atoms with Crippen molar-refractivity contribution in [2.75, 3.05) is 11.9 Å². The van der Waals surface area contributed by atoms with Gasteiger partial charge in [0, 0.05) is 11.8 Å². The Balaban J connectivity index is 2.17. The fourth-order valence-electron chi connectivity index (χ4n) is 1.76. The maximum atomic E-state index is 12.3. The van der Waals surface area contributed by atoms with Crippen LogP contribution in [0.3, 0.4) is 0 Å². The van der Waals surface area contributed by atoms with Crippen molar-refractivity contribution in [2.45, 2.75) is 6.92 Å². The number of hydrogen-bond donors (Lipinski definition) is 2. The molecule has 0 saturated carbocycles. The van der Waals surface area contributed by atoms with Crippen LogP contribution < -0.4 is 10.1 Å². The van der Waals surface area contributed by atoms with E-state index in [1.54, 1.807) is 42.5 Å². The lowest BCUT2D eigenvalue weighted by atomic mass is 10.2. The van der Waals surface area contributed by atoms with E-state index in [4.69, 9.17) is 4.74 Å². The van der Waals surface area contributed by atoms with Crippen molar-refractivity contribution in [1.29, 1.82) is 0 Å². The number of phenolic OH excluding ortho intramolecular Hbond substituents is 1. The van der Waals surface area contributed by atoms with Gasteiger partial charge in [0.1, 0.15) is 18.1 Å². The Morgan fingerprint density at radius 1 is 1.24 bits per heavy atom. The largest absolute Gasteiger partial charge is 0.508 e. The maximum Gasteiger partial charge on any atom is 0.259 e. The molecular weight excluding hydrogens is 266 g/mol. The number of carbonyl (C=O) groups is 1. The zero-order valence-electron chi connectivity index (χ0n) is 11.8. The van der Waals surface area contributed by atoms with Crippen LogP contribution in [0.5, 0.6) is 11.5 Å². The van der Waals surface area contributed by atoms with Gasteiger partial charge in [-0.3, -0.25) is 4.79 Å². The number of anilines is 1. The lowest BCUT2D eigenvalue weighted by Crippen LogP contribution is -2.14. The summed E-state index contributed by atoms with van der Waals surface area (Å²) in [5, 5.41) is 12.1. The highest BCUT2D eigenvalue weighted by atomic mass is 16.5. The van der Waals surface area contributed by atoms with Crippen LogP contribution in [-0.2, 0) is 0 Å². The second-order valence-electron chi connectivity index (χ2n) is 4.75. The normalized spacial score (nSPS) is 9.95. The first-order valence-corrected chi connectivity index (χ1v) is 6.53. The molecule has 0 unspecified atom stereocenters. The number of para-hydroxylation sites is 1. The number of nitrogens with one attached hydrogen (secondary N) is 1. The summed E-state index contributed by atoms with van der Waals surface area (Å²) in [6.45, 7) is 5.98. The second-order valence-corrected chi connectivity index (χ2v) is 4.75. The van der Waals surface area contributed by atoms with Gasteiger partial charge in [0.15, 0.2) is 0 Å². The Kier molecular flexibility index (Phi) is 4.61. The average molecular weight is 283 g/mol. The highest BCUT2D eigenvalue weighted by Crippen LogP contribution is 2.21. The summed E-state index contributed by atoms with van der Waals surface area (Å²) in [6.07, 6.45) is 0. The molecule has 0 atom stereocenters. The number of carbonyl (C=O) groups excluding carboxylic acids is 1. The van der Waals surface area contributed by atoms with Crippen molar-refractivity contribution in [3.63, 3.8) is 0 Å². The predicted molar refractivity (Wildman–Crippen MR) is 82.8 cm³/mol. The van der Waals surface area contributed by atoms with Gasteiger partial charge in [0.2, 0.25) is 0 Å². The molecule has 21 heavy (non-hydrogen) atoms. The van der Waals surface area contributed by atoms with Crippen molar-refractivity contribution in [1.82, 2.24) is 0 Å². The van der Waals surface area contributed by atoms with E-state index in [0.29, 0.717) is 23.6 Å². The number of hydrogen-bond acceptors (Lipinski definition) is 3. The number of phenols is 1. The molecule has 0 spiro atoms. The fourth-order valence-corrected chi connectivity index (χ4v) is 1.76. The first kappa shape index (κ1) is 14.7. The Morgan fingerprint density at radius 2 is 2.00 bits per heavy atom. The highest BCUT2D eigenvalue weighted by Gasteiger charge is 2.12. The molecular formula is C17H17NO3. The SMILES string of the molecule is C=C(C)COc1ccccc1C(=O)Nc1cccc(O)c1. The van der Waals surface area contributed by atoms with Crippen LogP contribution in [0.25, 0.3) is 0 Å². The highest BCUT2D eigenvalue weighted by molar-refractivity contribution is 6.06. The van der Waals surface area contributed by atoms with Crippen LogP contribution >= 0.6 is 0 Å². The summed E-state index contributed by atoms with van der Waals surface area (Å²) in [7, 11) is 0. The minimum atomic E-state index is -0.294. The quantitative estimate of drug-likeness (QED) is 0.824. The zero-order valence-corrected chi connectivity index (χ0v) is 11.8. The van der Waals surface area contributed by atoms with E-state index < -0.39 is 0 Å². The molecule has 4 nitrogen and oxygen atoms in total. The van der Waals surface area contributed by atoms with Gasteiger partial charge in [0.25, 0.3) is 5.91 Å². The van der Waals surface area contributed by atoms with Gasteiger partial charge in [-0.2, -0.15) is 0 Å². The summed E-state index contributed by atoms with van der Waals surface area (Å²) in [5.41, 5.74) is 1.83. The van der Waals surface area contributed by atoms with E-state index in [2.05, 4.69) is 11.9 Å². The molecule has 0 aliphatic rings. The van der Waals surface area contributed by atoms with Gasteiger partial charge in [-0.15, -0.1) is 0 Å². The third-order valence-corrected chi connectivity index (χ3v) is 2.71. The Bertz CT molecular complexity index is 665. The molecule has 0 saturated heterocycles. The van der Waals surface area contributed by atoms with Crippen molar-refractivity contribution in [2.24, 2.45) is 0 Å². The fraction of sp³-hybridized carbons (Fsp3) is 0.118. The smallest absolute Gasteiger partial charge is 0.259 e. The summed E-state index contributed by atoms with van der Waals surface area (Å²) in [4.78, 5) is 12.3. The first-order chi connectivity index (χ1) is 10.1. The minimum Gasteiger partial charge on any atom is -0.508 e. The average Bonchev–Trinajstić information content (AvgIpc) is 2.45. The number of amides is 1. The van der Waals surface area contributed by atoms with Crippen LogP contribution in [0.2, 0.25) is 0 Å². The molecule has 0 aliphatic heterocycles. The van der Waals surface area contributed by atoms with Crippen molar-refractivity contribution in [3.05, 3.63) is 66.2 Å². The Hall–Kier alpha value is -2.75. The molecule has 0 aliphatic carbocycles. The molecule has 2 rings (SSSR count). The van der Waals surface area contributed by atoms with E-state index in [0.717, 1.165) is 5.57 Å². The summed E-state index contributed by atoms with van der Waals surface area (Å²) in [5.74, 6) is 0.302. The standard InChI is InChI=1S/C17H17NO3/c1-12(2)11-21-16-9-4-3-8-15(16)17(20)18-13-6-5-7-14(19)10-13/h3-10,19H,1,11H2,2H3,(H,18,20). The number of ether oxygens (including phenoxy) is 1. The van der Waals surface area contributed by atoms with Crippen LogP contribution in [-0.4, -0.2) is 17.6 Å². The first-order valence-electron chi connectivity index (χ1n) is 6.53. The lowest BCUT2D eigenvalue weighted by molar-refractivity contribution is 0.102. The van der Waals surface area contributed by atoms with Crippen LogP contribution in [0.1, 0.15) is 17.3 Å². The molecule has 0 aromatic heterocycles. The lowest BCUT2D eigenvalue weighted by Gasteiger charge is -2.11. The topological polar surface area (TPSA) is 58.6 Å². The molecule has 108 valence electrons. The number of rotatable bonds is 5. The van der Waals surface area contributed by atoms with E-state index in [1.165, 1.54) is 6.07 Å². The van der Waals surface area contributed by atoms with E-state index in [1.807, 2.05) is 6.92 Å². The van der Waals surface area contributed by atoms with Crippen LogP contribution in [0.15, 0.2) is 60.7 Å². The van der Waals surface area contributed by atoms with Gasteiger partial charge in [-0.1, -0.05) is 24.8 Å². The van der Waals surface area contributed by atoms with Crippen molar-refractivity contribution in [3.8, 4) is 11.5 Å². The van der Waals surface area contributed by atoms with Gasteiger partial charge in [-0.05, 0) is 36.8 Å². The van der Waals surface area contributed by atoms with Crippen LogP contribution in [0, 0.1) is 0 Å². The number of benzene rings is 2. The summed E-state index contributed by atoms with van der Waals surface area (Å²) in [6, 6.07) is 13.4. The Morgan fingerprint density at radius 3 is 2.71 bits per heavy atom. The van der Waals surface area contributed by atoms with Gasteiger partial charge in [-0.25, -0.2) is 0 Å². The molecule has 2 N–H and O–H groups in total. The van der Waals surface area contributed by atoms with Gasteiger partial charge in [0.05, 0.1) is 5.56 Å². The monoisotopic (exact) mass is 283 g/mol. The molecule has 1 amide bonds. The molecule has 0 heterocycles. The molecule has 4 heteroatoms. The third-order valence-electron chi connectivity index (χ3n) is 2.71. The molecule has 0 bridgehead atoms. The second kappa shape index (κ2) is 6.61. The molecule has 2 aromatic carbocycles. The van der Waals surface area contributed by atoms with E-state index >= 15 is 0 Å². The van der Waals surface area contributed by atoms with Gasteiger partial charge < -0.3 is 15.2 Å². The summed E-state index contributed by atoms with van der Waals surface area (Å²) >= 11 is 0. The molecule has 0 radical (unpaired) electrons. The molecule has 2 aromatic rings. The predicted octanol–water partition coefficient (Wildman–Crippen LogP) is 3.60. The van der Waals surface area contributed by atoms with E-state index in [-0.39, 0.29) is 11.7 Å². The Labute approximate surface area is 123 Å². The van der Waals surface area contributed by atoms with Crippen molar-refractivity contribution >= 4 is 11.6 Å². The third kappa shape index (κ3) is 4.11. The van der Waals surface area contributed by atoms with Gasteiger partial charge >= 0.3 is 0 Å². The van der Waals surface area contributed by atoms with Crippen molar-refractivity contribution < 1.29 is 14.6 Å². The van der Waals surface area contributed by atoms with E-state index in [9.17, 15) is 9.90 Å². The minimum absolute atomic E-state index is 0.0969. The summed E-state index contributed by atoms with van der Waals surface area (Å²) < 4.78 is 5.57. The van der Waals surface area contributed by atoms with Crippen LogP contribution in [0.4, 0.5) is 5.69 Å². The maximum absolute atomic E-state index is 12.3. The zero-order chi connectivity index (χ0) is 15.2.